The number of nitrogens with zero attached hydrogens (tertiary/aromatic N) is 3. The Kier molecular flexibility index (Phi) is 9.57. The van der Waals surface area contributed by atoms with Gasteiger partial charge < -0.3 is 15.8 Å². The molecule has 0 unspecified atom stereocenters. The normalized spacial score (nSPS) is 13.8. The van der Waals surface area contributed by atoms with Crippen molar-refractivity contribution >= 4 is 46.4 Å². The minimum Gasteiger partial charge on any atom is -0.479 e. The van der Waals surface area contributed by atoms with Crippen molar-refractivity contribution < 1.29 is 14.3 Å². The van der Waals surface area contributed by atoms with Crippen LogP contribution in [0.3, 0.4) is 0 Å². The first-order valence-electron chi connectivity index (χ1n) is 12.5. The van der Waals surface area contributed by atoms with Crippen molar-refractivity contribution in [3.05, 3.63) is 106 Å². The molecule has 1 aliphatic rings. The Labute approximate surface area is 237 Å². The van der Waals surface area contributed by atoms with Gasteiger partial charge in [-0.3, -0.25) is 24.5 Å². The third-order valence-corrected chi connectivity index (χ3v) is 6.86. The highest BCUT2D eigenvalue weighted by Crippen LogP contribution is 2.30. The zero-order valence-electron chi connectivity index (χ0n) is 21.4. The van der Waals surface area contributed by atoms with Crippen LogP contribution in [0.2, 0.25) is 10.0 Å². The summed E-state index contributed by atoms with van der Waals surface area (Å²) in [6.45, 7) is 2.54. The first-order chi connectivity index (χ1) is 18.8. The van der Waals surface area contributed by atoms with Gasteiger partial charge in [0.25, 0.3) is 0 Å². The molecule has 10 heteroatoms. The smallest absolute Gasteiger partial charge is 0.240 e. The summed E-state index contributed by atoms with van der Waals surface area (Å²) in [6, 6.07) is 16.0. The topological polar surface area (TPSA) is 110 Å². The quantitative estimate of drug-likeness (QED) is 0.324. The van der Waals surface area contributed by atoms with Crippen LogP contribution in [0, 0.1) is 6.92 Å². The number of hydrogen-bond acceptors (Lipinski definition) is 6. The number of benzene rings is 2. The number of aromatic nitrogens is 1. The Hall–Kier alpha value is -3.88. The van der Waals surface area contributed by atoms with Crippen molar-refractivity contribution in [3.8, 4) is 0 Å². The van der Waals surface area contributed by atoms with E-state index in [1.165, 1.54) is 0 Å². The van der Waals surface area contributed by atoms with Crippen LogP contribution in [0.5, 0.6) is 0 Å². The lowest BCUT2D eigenvalue weighted by Gasteiger charge is -2.29. The predicted molar refractivity (Wildman–Crippen MR) is 154 cm³/mol. The second kappa shape index (κ2) is 13.3. The Morgan fingerprint density at radius 2 is 1.92 bits per heavy atom. The van der Waals surface area contributed by atoms with Gasteiger partial charge in [0.2, 0.25) is 11.8 Å². The number of primary amides is 1. The Balaban J connectivity index is 1.37. The highest BCUT2D eigenvalue weighted by atomic mass is 35.5. The predicted octanol–water partition coefficient (Wildman–Crippen LogP) is 4.81. The molecule has 0 saturated carbocycles. The lowest BCUT2D eigenvalue weighted by atomic mass is 10.0. The molecule has 0 fully saturated rings. The van der Waals surface area contributed by atoms with E-state index in [0.29, 0.717) is 35.4 Å². The van der Waals surface area contributed by atoms with E-state index >= 15 is 0 Å². The van der Waals surface area contributed by atoms with Gasteiger partial charge in [-0.05, 0) is 49.2 Å². The Morgan fingerprint density at radius 3 is 2.62 bits per heavy atom. The van der Waals surface area contributed by atoms with Crippen LogP contribution in [-0.4, -0.2) is 41.8 Å². The maximum Gasteiger partial charge on any atom is 0.240 e. The molecule has 2 aromatic carbocycles. The number of amides is 2. The fourth-order valence-corrected chi connectivity index (χ4v) is 4.28. The molecular formula is C29H29Cl2N5O3. The number of carbonyl (C=O) groups excluding carboxylic acids is 2. The molecule has 2 amide bonds. The van der Waals surface area contributed by atoms with Gasteiger partial charge in [-0.25, -0.2) is 0 Å². The van der Waals surface area contributed by atoms with Crippen molar-refractivity contribution in [3.63, 3.8) is 0 Å². The van der Waals surface area contributed by atoms with Crippen LogP contribution in [-0.2, 0) is 20.7 Å². The maximum atomic E-state index is 12.6. The number of ether oxygens (including phenoxy) is 1. The number of pyridine rings is 1. The van der Waals surface area contributed by atoms with Crippen molar-refractivity contribution in [1.29, 1.82) is 0 Å². The van der Waals surface area contributed by atoms with Crippen LogP contribution < -0.4 is 16.0 Å². The number of anilines is 1. The van der Waals surface area contributed by atoms with E-state index in [4.69, 9.17) is 33.7 Å². The molecule has 1 aliphatic heterocycles. The number of halogens is 2. The molecule has 4 rings (SSSR count). The number of nitrogens with one attached hydrogen (secondary N) is 1. The van der Waals surface area contributed by atoms with Gasteiger partial charge in [-0.1, -0.05) is 53.0 Å². The molecule has 0 saturated heterocycles. The van der Waals surface area contributed by atoms with E-state index in [1.807, 2.05) is 60.4 Å². The Morgan fingerprint density at radius 1 is 1.13 bits per heavy atom. The van der Waals surface area contributed by atoms with Crippen molar-refractivity contribution in [1.82, 2.24) is 10.3 Å². The molecule has 0 radical (unpaired) electrons. The minimum absolute atomic E-state index is 0.168. The van der Waals surface area contributed by atoms with Crippen molar-refractivity contribution in [2.45, 2.75) is 32.2 Å². The van der Waals surface area contributed by atoms with Gasteiger partial charge in [0, 0.05) is 42.6 Å². The molecule has 1 aromatic heterocycles. The fourth-order valence-electron chi connectivity index (χ4n) is 3.99. The van der Waals surface area contributed by atoms with Crippen LogP contribution >= 0.6 is 23.2 Å². The van der Waals surface area contributed by atoms with Gasteiger partial charge >= 0.3 is 0 Å². The zero-order chi connectivity index (χ0) is 27.8. The van der Waals surface area contributed by atoms with E-state index in [-0.39, 0.29) is 18.9 Å². The first kappa shape index (κ1) is 28.1. The summed E-state index contributed by atoms with van der Waals surface area (Å²) in [5.74, 6) is -0.296. The van der Waals surface area contributed by atoms with Gasteiger partial charge in [-0.15, -0.1) is 0 Å². The standard InChI is InChI=1S/C29H29Cl2N5O3/c1-19-6-8-20(9-7-19)14-26(29(32)38)35-27(37)5-3-13-39-28-16-25(21-4-2-12-33-17-21)34-18-36(28)22-10-11-23(30)24(31)15-22/h2,4,6-12,15-17,26H,3,5,13-14,18H2,1H3,(H2,32,38)(H,35,37)/t26-/m0/s1. The summed E-state index contributed by atoms with van der Waals surface area (Å²) in [5, 5.41) is 3.61. The fraction of sp³-hybridized carbons (Fsp3) is 0.241. The lowest BCUT2D eigenvalue weighted by Crippen LogP contribution is -2.45. The van der Waals surface area contributed by atoms with Gasteiger partial charge in [0.05, 0.1) is 22.4 Å². The molecule has 3 N–H and O–H groups in total. The van der Waals surface area contributed by atoms with E-state index in [2.05, 4.69) is 15.3 Å². The zero-order valence-corrected chi connectivity index (χ0v) is 23.0. The molecule has 0 spiro atoms. The summed E-state index contributed by atoms with van der Waals surface area (Å²) in [7, 11) is 0. The van der Waals surface area contributed by atoms with E-state index in [9.17, 15) is 9.59 Å². The number of aliphatic imine (C=N–C) groups is 1. The summed E-state index contributed by atoms with van der Waals surface area (Å²) >= 11 is 12.3. The number of nitrogens with two attached hydrogens (primary N) is 1. The molecule has 0 bridgehead atoms. The SMILES string of the molecule is Cc1ccc(C[C@H](NC(=O)CCCOC2=CC(c3cccnc3)=NCN2c2ccc(Cl)c(Cl)c2)C(N)=O)cc1. The second-order valence-corrected chi connectivity index (χ2v) is 9.91. The van der Waals surface area contributed by atoms with E-state index in [0.717, 1.165) is 28.1 Å². The lowest BCUT2D eigenvalue weighted by molar-refractivity contribution is -0.127. The summed E-state index contributed by atoms with van der Waals surface area (Å²) < 4.78 is 6.12. The van der Waals surface area contributed by atoms with Crippen LogP contribution in [0.15, 0.2) is 83.9 Å². The molecule has 2 heterocycles. The van der Waals surface area contributed by atoms with Crippen molar-refractivity contribution in [2.24, 2.45) is 10.7 Å². The highest BCUT2D eigenvalue weighted by Gasteiger charge is 2.21. The maximum absolute atomic E-state index is 12.6. The molecule has 1 atom stereocenters. The Bertz CT molecular complexity index is 1380. The van der Waals surface area contributed by atoms with Crippen molar-refractivity contribution in [2.75, 3.05) is 18.2 Å². The molecular weight excluding hydrogens is 537 g/mol. The minimum atomic E-state index is -0.787. The molecule has 39 heavy (non-hydrogen) atoms. The third-order valence-electron chi connectivity index (χ3n) is 6.12. The summed E-state index contributed by atoms with van der Waals surface area (Å²) in [4.78, 5) is 35.2. The molecule has 0 aliphatic carbocycles. The molecule has 202 valence electrons. The number of allylic oxidation sites excluding steroid dienone is 1. The average molecular weight is 566 g/mol. The number of aryl methyl sites for hydroxylation is 1. The van der Waals surface area contributed by atoms with Gasteiger partial charge in [0.15, 0.2) is 5.88 Å². The number of carbonyl (C=O) groups is 2. The second-order valence-electron chi connectivity index (χ2n) is 9.10. The first-order valence-corrected chi connectivity index (χ1v) is 13.2. The molecule has 8 nitrogen and oxygen atoms in total. The highest BCUT2D eigenvalue weighted by molar-refractivity contribution is 6.42. The monoisotopic (exact) mass is 565 g/mol. The van der Waals surface area contributed by atoms with Gasteiger partial charge in [0.1, 0.15) is 12.7 Å². The number of rotatable bonds is 11. The summed E-state index contributed by atoms with van der Waals surface area (Å²) in [5.41, 5.74) is 9.93. The van der Waals surface area contributed by atoms with E-state index < -0.39 is 11.9 Å². The molecule has 3 aromatic rings. The van der Waals surface area contributed by atoms with Crippen LogP contribution in [0.25, 0.3) is 0 Å². The van der Waals surface area contributed by atoms with Crippen LogP contribution in [0.1, 0.15) is 29.5 Å². The van der Waals surface area contributed by atoms with E-state index in [1.54, 1.807) is 24.5 Å². The largest absolute Gasteiger partial charge is 0.479 e. The third kappa shape index (κ3) is 7.81. The van der Waals surface area contributed by atoms with Gasteiger partial charge in [-0.2, -0.15) is 0 Å². The number of hydrogen-bond donors (Lipinski definition) is 2. The summed E-state index contributed by atoms with van der Waals surface area (Å²) in [6.07, 6.45) is 6.19. The average Bonchev–Trinajstić information content (AvgIpc) is 2.94. The van der Waals surface area contributed by atoms with Crippen LogP contribution in [0.4, 0.5) is 5.69 Å².